The van der Waals surface area contributed by atoms with E-state index in [1.807, 2.05) is 12.1 Å². The first-order chi connectivity index (χ1) is 8.81. The molecular formula is C16H28N2O. The predicted octanol–water partition coefficient (Wildman–Crippen LogP) is 3.29. The van der Waals surface area contributed by atoms with E-state index in [4.69, 9.17) is 10.5 Å². The van der Waals surface area contributed by atoms with Crippen molar-refractivity contribution >= 4 is 5.69 Å². The fourth-order valence-electron chi connectivity index (χ4n) is 2.21. The maximum Gasteiger partial charge on any atom is 0.119 e. The van der Waals surface area contributed by atoms with Gasteiger partial charge in [0.15, 0.2) is 0 Å². The summed E-state index contributed by atoms with van der Waals surface area (Å²) < 4.78 is 5.16. The molecule has 1 unspecified atom stereocenters. The van der Waals surface area contributed by atoms with Crippen LogP contribution in [0.4, 0.5) is 5.69 Å². The molecule has 1 aromatic rings. The molecule has 1 atom stereocenters. The SMILES string of the molecule is COc1ccc(N(C)CCC(N)CC(C)(C)C)cc1. The second-order valence-corrected chi connectivity index (χ2v) is 6.43. The van der Waals surface area contributed by atoms with Crippen molar-refractivity contribution < 1.29 is 4.74 Å². The number of hydrogen-bond acceptors (Lipinski definition) is 3. The summed E-state index contributed by atoms with van der Waals surface area (Å²) in [6.45, 7) is 7.68. The molecular weight excluding hydrogens is 236 g/mol. The highest BCUT2D eigenvalue weighted by atomic mass is 16.5. The van der Waals surface area contributed by atoms with E-state index in [0.717, 1.165) is 25.1 Å². The molecule has 0 radical (unpaired) electrons. The molecule has 1 aromatic carbocycles. The van der Waals surface area contributed by atoms with E-state index in [-0.39, 0.29) is 6.04 Å². The summed E-state index contributed by atoms with van der Waals surface area (Å²) in [6.07, 6.45) is 2.07. The molecule has 0 aliphatic rings. The Balaban J connectivity index is 2.43. The zero-order valence-electron chi connectivity index (χ0n) is 12.9. The molecule has 19 heavy (non-hydrogen) atoms. The van der Waals surface area contributed by atoms with Crippen molar-refractivity contribution in [3.63, 3.8) is 0 Å². The van der Waals surface area contributed by atoms with Gasteiger partial charge in [0.05, 0.1) is 7.11 Å². The fourth-order valence-corrected chi connectivity index (χ4v) is 2.21. The zero-order chi connectivity index (χ0) is 14.5. The Kier molecular flexibility index (Phi) is 5.67. The molecule has 0 heterocycles. The van der Waals surface area contributed by atoms with Crippen molar-refractivity contribution in [1.29, 1.82) is 0 Å². The van der Waals surface area contributed by atoms with E-state index in [9.17, 15) is 0 Å². The number of benzene rings is 1. The van der Waals surface area contributed by atoms with Crippen LogP contribution in [-0.2, 0) is 0 Å². The molecule has 1 rings (SSSR count). The molecule has 3 nitrogen and oxygen atoms in total. The summed E-state index contributed by atoms with van der Waals surface area (Å²) >= 11 is 0. The van der Waals surface area contributed by atoms with Crippen LogP contribution >= 0.6 is 0 Å². The van der Waals surface area contributed by atoms with Gasteiger partial charge in [-0.05, 0) is 42.5 Å². The Morgan fingerprint density at radius 3 is 2.26 bits per heavy atom. The molecule has 0 bridgehead atoms. The number of hydrogen-bond donors (Lipinski definition) is 1. The Bertz CT molecular complexity index is 367. The van der Waals surface area contributed by atoms with Gasteiger partial charge in [0.1, 0.15) is 5.75 Å². The lowest BCUT2D eigenvalue weighted by molar-refractivity contribution is 0.332. The highest BCUT2D eigenvalue weighted by Gasteiger charge is 2.15. The topological polar surface area (TPSA) is 38.5 Å². The summed E-state index contributed by atoms with van der Waals surface area (Å²) in [7, 11) is 3.79. The van der Waals surface area contributed by atoms with Crippen LogP contribution in [0.25, 0.3) is 0 Å². The summed E-state index contributed by atoms with van der Waals surface area (Å²) in [4.78, 5) is 2.24. The maximum atomic E-state index is 6.19. The van der Waals surface area contributed by atoms with E-state index >= 15 is 0 Å². The minimum atomic E-state index is 0.265. The van der Waals surface area contributed by atoms with Crippen LogP contribution in [0.5, 0.6) is 5.75 Å². The van der Waals surface area contributed by atoms with Gasteiger partial charge in [-0.1, -0.05) is 20.8 Å². The first-order valence-corrected chi connectivity index (χ1v) is 6.92. The molecule has 108 valence electrons. The number of ether oxygens (including phenoxy) is 1. The van der Waals surface area contributed by atoms with Gasteiger partial charge in [-0.2, -0.15) is 0 Å². The van der Waals surface area contributed by atoms with E-state index < -0.39 is 0 Å². The summed E-state index contributed by atoms with van der Waals surface area (Å²) in [5.41, 5.74) is 7.69. The monoisotopic (exact) mass is 264 g/mol. The summed E-state index contributed by atoms with van der Waals surface area (Å²) in [5.74, 6) is 0.890. The molecule has 0 amide bonds. The number of anilines is 1. The van der Waals surface area contributed by atoms with Crippen molar-refractivity contribution in [3.05, 3.63) is 24.3 Å². The normalized spacial score (nSPS) is 13.2. The van der Waals surface area contributed by atoms with Crippen LogP contribution in [-0.4, -0.2) is 26.7 Å². The predicted molar refractivity (Wildman–Crippen MR) is 82.9 cm³/mol. The van der Waals surface area contributed by atoms with Gasteiger partial charge in [-0.25, -0.2) is 0 Å². The smallest absolute Gasteiger partial charge is 0.119 e. The minimum Gasteiger partial charge on any atom is -0.497 e. The Morgan fingerprint density at radius 1 is 1.21 bits per heavy atom. The van der Waals surface area contributed by atoms with E-state index in [1.165, 1.54) is 5.69 Å². The van der Waals surface area contributed by atoms with Gasteiger partial charge >= 0.3 is 0 Å². The molecule has 0 aliphatic heterocycles. The van der Waals surface area contributed by atoms with Crippen LogP contribution in [0.1, 0.15) is 33.6 Å². The van der Waals surface area contributed by atoms with Crippen molar-refractivity contribution in [2.45, 2.75) is 39.7 Å². The second kappa shape index (κ2) is 6.80. The molecule has 0 spiro atoms. The Morgan fingerprint density at radius 2 is 1.79 bits per heavy atom. The molecule has 3 heteroatoms. The highest BCUT2D eigenvalue weighted by Crippen LogP contribution is 2.22. The first-order valence-electron chi connectivity index (χ1n) is 6.92. The van der Waals surface area contributed by atoms with E-state index in [2.05, 4.69) is 44.9 Å². The third kappa shape index (κ3) is 5.97. The molecule has 0 aliphatic carbocycles. The lowest BCUT2D eigenvalue weighted by Crippen LogP contribution is -2.31. The molecule has 0 saturated heterocycles. The number of methoxy groups -OCH3 is 1. The fraction of sp³-hybridized carbons (Fsp3) is 0.625. The van der Waals surface area contributed by atoms with Crippen molar-refractivity contribution in [2.75, 3.05) is 25.6 Å². The van der Waals surface area contributed by atoms with Gasteiger partial charge in [0, 0.05) is 25.3 Å². The van der Waals surface area contributed by atoms with Crippen LogP contribution in [0.3, 0.4) is 0 Å². The van der Waals surface area contributed by atoms with Gasteiger partial charge < -0.3 is 15.4 Å². The second-order valence-electron chi connectivity index (χ2n) is 6.43. The Hall–Kier alpha value is -1.22. The van der Waals surface area contributed by atoms with Crippen LogP contribution < -0.4 is 15.4 Å². The largest absolute Gasteiger partial charge is 0.497 e. The van der Waals surface area contributed by atoms with Gasteiger partial charge in [0.2, 0.25) is 0 Å². The van der Waals surface area contributed by atoms with E-state index in [1.54, 1.807) is 7.11 Å². The number of nitrogens with two attached hydrogens (primary N) is 1. The highest BCUT2D eigenvalue weighted by molar-refractivity contribution is 5.48. The van der Waals surface area contributed by atoms with Crippen molar-refractivity contribution in [3.8, 4) is 5.75 Å². The van der Waals surface area contributed by atoms with Crippen molar-refractivity contribution in [1.82, 2.24) is 0 Å². The van der Waals surface area contributed by atoms with Crippen molar-refractivity contribution in [2.24, 2.45) is 11.1 Å². The molecule has 0 aromatic heterocycles. The Labute approximate surface area is 117 Å². The van der Waals surface area contributed by atoms with E-state index in [0.29, 0.717) is 5.41 Å². The lowest BCUT2D eigenvalue weighted by atomic mass is 9.87. The molecule has 0 fully saturated rings. The number of rotatable bonds is 6. The third-order valence-corrected chi connectivity index (χ3v) is 3.22. The maximum absolute atomic E-state index is 6.19. The van der Waals surface area contributed by atoms with Crippen LogP contribution in [0.15, 0.2) is 24.3 Å². The van der Waals surface area contributed by atoms with Gasteiger partial charge in [0.25, 0.3) is 0 Å². The lowest BCUT2D eigenvalue weighted by Gasteiger charge is -2.26. The molecule has 2 N–H and O–H groups in total. The summed E-state index contributed by atoms with van der Waals surface area (Å²) in [5, 5.41) is 0. The minimum absolute atomic E-state index is 0.265. The van der Waals surface area contributed by atoms with Gasteiger partial charge in [-0.3, -0.25) is 0 Å². The third-order valence-electron chi connectivity index (χ3n) is 3.22. The standard InChI is InChI=1S/C16H28N2O/c1-16(2,3)12-13(17)10-11-18(4)14-6-8-15(19-5)9-7-14/h6-9,13H,10-12,17H2,1-5H3. The van der Waals surface area contributed by atoms with Gasteiger partial charge in [-0.15, -0.1) is 0 Å². The average molecular weight is 264 g/mol. The molecule has 0 saturated carbocycles. The zero-order valence-corrected chi connectivity index (χ0v) is 12.9. The first kappa shape index (κ1) is 15.8. The van der Waals surface area contributed by atoms with Crippen LogP contribution in [0.2, 0.25) is 0 Å². The van der Waals surface area contributed by atoms with Crippen LogP contribution in [0, 0.1) is 5.41 Å². The number of nitrogens with zero attached hydrogens (tertiary/aromatic N) is 1. The summed E-state index contributed by atoms with van der Waals surface area (Å²) in [6, 6.07) is 8.39. The quantitative estimate of drug-likeness (QED) is 0.857. The average Bonchev–Trinajstić information content (AvgIpc) is 2.34.